The van der Waals surface area contributed by atoms with E-state index in [1.165, 1.54) is 31.4 Å². The second-order valence-electron chi connectivity index (χ2n) is 4.89. The molecule has 122 valence electrons. The molecule has 7 heteroatoms. The monoisotopic (exact) mass is 334 g/mol. The van der Waals surface area contributed by atoms with Gasteiger partial charge >= 0.3 is 6.09 Å². The van der Waals surface area contributed by atoms with Gasteiger partial charge in [0.15, 0.2) is 0 Å². The number of carbonyl (C=O) groups excluding carboxylic acids is 1. The number of benzene rings is 2. The van der Waals surface area contributed by atoms with Gasteiger partial charge in [0, 0.05) is 11.7 Å². The molecule has 0 fully saturated rings. The number of methoxy groups -OCH3 is 1. The third-order valence-electron chi connectivity index (χ3n) is 3.23. The molecule has 1 atom stereocenters. The van der Waals surface area contributed by atoms with Gasteiger partial charge in [0.1, 0.15) is 0 Å². The molecule has 2 N–H and O–H groups in total. The molecule has 0 radical (unpaired) electrons. The molecule has 2 aromatic rings. The maximum atomic E-state index is 12.4. The van der Waals surface area contributed by atoms with E-state index in [1.54, 1.807) is 6.92 Å². The summed E-state index contributed by atoms with van der Waals surface area (Å²) in [5, 5.41) is 2.46. The molecule has 0 aliphatic rings. The van der Waals surface area contributed by atoms with Crippen LogP contribution in [0.5, 0.6) is 0 Å². The van der Waals surface area contributed by atoms with Crippen LogP contribution in [0.3, 0.4) is 0 Å². The molecule has 6 nitrogen and oxygen atoms in total. The van der Waals surface area contributed by atoms with Crippen molar-refractivity contribution in [1.29, 1.82) is 0 Å². The lowest BCUT2D eigenvalue weighted by atomic mass is 10.1. The topological polar surface area (TPSA) is 84.5 Å². The van der Waals surface area contributed by atoms with Gasteiger partial charge in [-0.1, -0.05) is 30.3 Å². The predicted octanol–water partition coefficient (Wildman–Crippen LogP) is 2.90. The summed E-state index contributed by atoms with van der Waals surface area (Å²) in [7, 11) is -2.40. The number of hydrogen-bond acceptors (Lipinski definition) is 4. The van der Waals surface area contributed by atoms with Gasteiger partial charge in [-0.05, 0) is 36.8 Å². The smallest absolute Gasteiger partial charge is 0.411 e. The Hall–Kier alpha value is -2.38. The second kappa shape index (κ2) is 7.26. The zero-order chi connectivity index (χ0) is 16.9. The molecule has 0 aliphatic carbocycles. The lowest BCUT2D eigenvalue weighted by Gasteiger charge is -2.15. The van der Waals surface area contributed by atoms with Gasteiger partial charge in [0.25, 0.3) is 0 Å². The Labute approximate surface area is 135 Å². The lowest BCUT2D eigenvalue weighted by Crippen LogP contribution is -2.26. The fourth-order valence-electron chi connectivity index (χ4n) is 2.00. The van der Waals surface area contributed by atoms with Crippen molar-refractivity contribution in [2.75, 3.05) is 12.4 Å². The van der Waals surface area contributed by atoms with Crippen molar-refractivity contribution >= 4 is 21.8 Å². The number of amides is 1. The average Bonchev–Trinajstić information content (AvgIpc) is 2.55. The molecule has 2 aromatic carbocycles. The van der Waals surface area contributed by atoms with Crippen molar-refractivity contribution in [3.63, 3.8) is 0 Å². The average molecular weight is 334 g/mol. The summed E-state index contributed by atoms with van der Waals surface area (Å²) >= 11 is 0. The minimum atomic E-state index is -3.65. The first-order valence-corrected chi connectivity index (χ1v) is 8.43. The van der Waals surface area contributed by atoms with Crippen molar-refractivity contribution in [3.8, 4) is 0 Å². The van der Waals surface area contributed by atoms with Crippen LogP contribution in [0.1, 0.15) is 18.5 Å². The van der Waals surface area contributed by atoms with Crippen LogP contribution in [0.15, 0.2) is 59.5 Å². The van der Waals surface area contributed by atoms with Gasteiger partial charge in [-0.3, -0.25) is 5.32 Å². The van der Waals surface area contributed by atoms with Crippen LogP contribution in [0, 0.1) is 0 Å². The Morgan fingerprint density at radius 2 is 1.65 bits per heavy atom. The molecule has 1 unspecified atom stereocenters. The highest BCUT2D eigenvalue weighted by atomic mass is 32.2. The molecule has 2 rings (SSSR count). The first-order chi connectivity index (χ1) is 10.9. The van der Waals surface area contributed by atoms with Crippen LogP contribution in [0.25, 0.3) is 0 Å². The van der Waals surface area contributed by atoms with E-state index >= 15 is 0 Å². The zero-order valence-corrected chi connectivity index (χ0v) is 13.6. The number of nitrogens with one attached hydrogen (secondary N) is 2. The van der Waals surface area contributed by atoms with E-state index in [2.05, 4.69) is 14.8 Å². The molecular formula is C16H18N2O4S. The molecule has 0 aliphatic heterocycles. The van der Waals surface area contributed by atoms with Crippen molar-refractivity contribution in [2.45, 2.75) is 17.9 Å². The van der Waals surface area contributed by atoms with Crippen LogP contribution in [0.2, 0.25) is 0 Å². The fourth-order valence-corrected chi connectivity index (χ4v) is 3.23. The second-order valence-corrected chi connectivity index (χ2v) is 6.61. The molecular weight excluding hydrogens is 316 g/mol. The number of rotatable bonds is 5. The Balaban J connectivity index is 2.12. The minimum absolute atomic E-state index is 0.121. The molecule has 0 saturated heterocycles. The summed E-state index contributed by atoms with van der Waals surface area (Å²) in [5.41, 5.74) is 1.33. The lowest BCUT2D eigenvalue weighted by molar-refractivity contribution is 0.187. The highest BCUT2D eigenvalue weighted by molar-refractivity contribution is 7.89. The van der Waals surface area contributed by atoms with Crippen LogP contribution in [-0.2, 0) is 14.8 Å². The third-order valence-corrected chi connectivity index (χ3v) is 4.78. The van der Waals surface area contributed by atoms with E-state index < -0.39 is 16.1 Å². The van der Waals surface area contributed by atoms with Crippen LogP contribution < -0.4 is 10.0 Å². The summed E-state index contributed by atoms with van der Waals surface area (Å²) in [6.45, 7) is 1.78. The zero-order valence-electron chi connectivity index (χ0n) is 12.8. The first-order valence-electron chi connectivity index (χ1n) is 6.94. The van der Waals surface area contributed by atoms with Crippen molar-refractivity contribution < 1.29 is 17.9 Å². The van der Waals surface area contributed by atoms with E-state index in [0.29, 0.717) is 5.69 Å². The Morgan fingerprint density at radius 3 is 2.22 bits per heavy atom. The van der Waals surface area contributed by atoms with Crippen LogP contribution in [-0.4, -0.2) is 21.6 Å². The summed E-state index contributed by atoms with van der Waals surface area (Å²) in [6.07, 6.45) is -0.614. The molecule has 0 spiro atoms. The van der Waals surface area contributed by atoms with Gasteiger partial charge in [-0.15, -0.1) is 0 Å². The molecule has 0 bridgehead atoms. The largest absolute Gasteiger partial charge is 0.453 e. The highest BCUT2D eigenvalue weighted by Crippen LogP contribution is 2.18. The summed E-state index contributed by atoms with van der Waals surface area (Å²) in [5.74, 6) is 0. The Bertz CT molecular complexity index is 758. The number of carbonyl (C=O) groups is 1. The maximum Gasteiger partial charge on any atom is 0.411 e. The summed E-state index contributed by atoms with van der Waals surface area (Å²) < 4.78 is 31.9. The number of ether oxygens (including phenoxy) is 1. The standard InChI is InChI=1S/C16H18N2O4S/c1-12(13-6-4-3-5-7-13)18-23(20,21)15-10-8-14(9-11-15)17-16(19)22-2/h3-12,18H,1-2H3,(H,17,19). The Kier molecular flexibility index (Phi) is 5.36. The summed E-state index contributed by atoms with van der Waals surface area (Å²) in [4.78, 5) is 11.2. The van der Waals surface area contributed by atoms with Crippen molar-refractivity contribution in [1.82, 2.24) is 4.72 Å². The third kappa shape index (κ3) is 4.54. The van der Waals surface area contributed by atoms with Gasteiger partial charge in [-0.25, -0.2) is 17.9 Å². The van der Waals surface area contributed by atoms with E-state index in [1.807, 2.05) is 30.3 Å². The van der Waals surface area contributed by atoms with Crippen LogP contribution >= 0.6 is 0 Å². The fraction of sp³-hybridized carbons (Fsp3) is 0.188. The predicted molar refractivity (Wildman–Crippen MR) is 87.6 cm³/mol. The van der Waals surface area contributed by atoms with Gasteiger partial charge in [-0.2, -0.15) is 0 Å². The Morgan fingerprint density at radius 1 is 1.04 bits per heavy atom. The quantitative estimate of drug-likeness (QED) is 0.880. The summed E-state index contributed by atoms with van der Waals surface area (Å²) in [6, 6.07) is 14.8. The van der Waals surface area contributed by atoms with E-state index in [0.717, 1.165) is 5.56 Å². The van der Waals surface area contributed by atoms with Crippen LogP contribution in [0.4, 0.5) is 10.5 Å². The highest BCUT2D eigenvalue weighted by Gasteiger charge is 2.18. The van der Waals surface area contributed by atoms with Crippen molar-refractivity contribution in [2.24, 2.45) is 0 Å². The molecule has 0 saturated carbocycles. The van der Waals surface area contributed by atoms with Gasteiger partial charge in [0.05, 0.1) is 12.0 Å². The number of hydrogen-bond donors (Lipinski definition) is 2. The molecule has 23 heavy (non-hydrogen) atoms. The van der Waals surface area contributed by atoms with Gasteiger partial charge < -0.3 is 4.74 Å². The SMILES string of the molecule is COC(=O)Nc1ccc(S(=O)(=O)NC(C)c2ccccc2)cc1. The van der Waals surface area contributed by atoms with E-state index in [-0.39, 0.29) is 10.9 Å². The molecule has 0 aromatic heterocycles. The maximum absolute atomic E-state index is 12.4. The number of sulfonamides is 1. The van der Waals surface area contributed by atoms with Crippen molar-refractivity contribution in [3.05, 3.63) is 60.2 Å². The van der Waals surface area contributed by atoms with E-state index in [4.69, 9.17) is 0 Å². The number of anilines is 1. The first kappa shape index (κ1) is 17.0. The van der Waals surface area contributed by atoms with Gasteiger partial charge in [0.2, 0.25) is 10.0 Å². The van der Waals surface area contributed by atoms with E-state index in [9.17, 15) is 13.2 Å². The normalized spacial score (nSPS) is 12.4. The minimum Gasteiger partial charge on any atom is -0.453 e. The molecule has 0 heterocycles. The molecule has 1 amide bonds.